The Balaban J connectivity index is 2.43. The SMILES string of the molecule is COc1ccc(/C=C/COC(C)C)cc1. The number of hydrogen-bond acceptors (Lipinski definition) is 2. The Morgan fingerprint density at radius 3 is 2.40 bits per heavy atom. The fourth-order valence-corrected chi connectivity index (χ4v) is 1.15. The molecule has 15 heavy (non-hydrogen) atoms. The lowest BCUT2D eigenvalue weighted by Crippen LogP contribution is -2.01. The van der Waals surface area contributed by atoms with Gasteiger partial charge in [0.2, 0.25) is 0 Å². The Morgan fingerprint density at radius 2 is 1.87 bits per heavy atom. The minimum absolute atomic E-state index is 0.283. The summed E-state index contributed by atoms with van der Waals surface area (Å²) < 4.78 is 10.5. The van der Waals surface area contributed by atoms with Crippen molar-refractivity contribution in [3.8, 4) is 5.75 Å². The van der Waals surface area contributed by atoms with Crippen molar-refractivity contribution in [3.05, 3.63) is 35.9 Å². The zero-order valence-corrected chi connectivity index (χ0v) is 9.57. The Bertz CT molecular complexity index is 299. The minimum atomic E-state index is 0.283. The first kappa shape index (κ1) is 11.8. The van der Waals surface area contributed by atoms with E-state index in [2.05, 4.69) is 0 Å². The lowest BCUT2D eigenvalue weighted by molar-refractivity contribution is 0.103. The van der Waals surface area contributed by atoms with E-state index < -0.39 is 0 Å². The fourth-order valence-electron chi connectivity index (χ4n) is 1.15. The first-order valence-corrected chi connectivity index (χ1v) is 5.14. The van der Waals surface area contributed by atoms with Crippen LogP contribution in [0.3, 0.4) is 0 Å². The summed E-state index contributed by atoms with van der Waals surface area (Å²) in [6.45, 7) is 4.71. The van der Waals surface area contributed by atoms with Crippen LogP contribution in [0.2, 0.25) is 0 Å². The number of ether oxygens (including phenoxy) is 2. The molecule has 0 atom stereocenters. The van der Waals surface area contributed by atoms with Crippen molar-refractivity contribution in [1.29, 1.82) is 0 Å². The Hall–Kier alpha value is -1.28. The van der Waals surface area contributed by atoms with Gasteiger partial charge in [0.15, 0.2) is 0 Å². The molecule has 0 heterocycles. The largest absolute Gasteiger partial charge is 0.497 e. The van der Waals surface area contributed by atoms with Crippen LogP contribution in [0, 0.1) is 0 Å². The van der Waals surface area contributed by atoms with Gasteiger partial charge >= 0.3 is 0 Å². The average Bonchev–Trinajstić information content (AvgIpc) is 2.25. The van der Waals surface area contributed by atoms with Crippen LogP contribution in [-0.4, -0.2) is 19.8 Å². The van der Waals surface area contributed by atoms with E-state index in [9.17, 15) is 0 Å². The zero-order chi connectivity index (χ0) is 11.1. The zero-order valence-electron chi connectivity index (χ0n) is 9.57. The molecule has 0 radical (unpaired) electrons. The predicted molar refractivity (Wildman–Crippen MR) is 63.1 cm³/mol. The summed E-state index contributed by atoms with van der Waals surface area (Å²) in [4.78, 5) is 0. The molecule has 0 aliphatic carbocycles. The lowest BCUT2D eigenvalue weighted by Gasteiger charge is -2.03. The second-order valence-corrected chi connectivity index (χ2v) is 3.56. The maximum absolute atomic E-state index is 5.40. The summed E-state index contributed by atoms with van der Waals surface area (Å²) in [5.74, 6) is 0.880. The Kier molecular flexibility index (Phi) is 4.91. The second-order valence-electron chi connectivity index (χ2n) is 3.56. The minimum Gasteiger partial charge on any atom is -0.497 e. The van der Waals surface area contributed by atoms with Crippen LogP contribution in [0.25, 0.3) is 6.08 Å². The number of methoxy groups -OCH3 is 1. The highest BCUT2D eigenvalue weighted by Gasteiger charge is 1.91. The molecule has 0 spiro atoms. The summed E-state index contributed by atoms with van der Waals surface area (Å²) in [5, 5.41) is 0. The normalized spacial score (nSPS) is 11.2. The fraction of sp³-hybridized carbons (Fsp3) is 0.385. The van der Waals surface area contributed by atoms with Crippen molar-refractivity contribution in [2.45, 2.75) is 20.0 Å². The van der Waals surface area contributed by atoms with Crippen LogP contribution >= 0.6 is 0 Å². The molecule has 1 rings (SSSR count). The highest BCUT2D eigenvalue weighted by Crippen LogP contribution is 2.12. The maximum atomic E-state index is 5.40. The van der Waals surface area contributed by atoms with Gasteiger partial charge < -0.3 is 9.47 Å². The molecule has 2 heteroatoms. The first-order valence-electron chi connectivity index (χ1n) is 5.14. The van der Waals surface area contributed by atoms with Crippen molar-refractivity contribution in [2.75, 3.05) is 13.7 Å². The van der Waals surface area contributed by atoms with Crippen LogP contribution in [0.4, 0.5) is 0 Å². The van der Waals surface area contributed by atoms with Crippen molar-refractivity contribution in [3.63, 3.8) is 0 Å². The number of benzene rings is 1. The Labute approximate surface area is 91.5 Å². The molecule has 0 aliphatic rings. The van der Waals surface area contributed by atoms with Gasteiger partial charge in [-0.25, -0.2) is 0 Å². The molecule has 0 bridgehead atoms. The molecule has 1 aromatic carbocycles. The van der Waals surface area contributed by atoms with Gasteiger partial charge in [-0.2, -0.15) is 0 Å². The molecule has 0 saturated carbocycles. The van der Waals surface area contributed by atoms with Crippen molar-refractivity contribution in [1.82, 2.24) is 0 Å². The topological polar surface area (TPSA) is 18.5 Å². The van der Waals surface area contributed by atoms with Gasteiger partial charge in [-0.1, -0.05) is 24.3 Å². The summed E-state index contributed by atoms with van der Waals surface area (Å²) in [6.07, 6.45) is 4.34. The summed E-state index contributed by atoms with van der Waals surface area (Å²) in [5.41, 5.74) is 1.16. The van der Waals surface area contributed by atoms with Crippen molar-refractivity contribution < 1.29 is 9.47 Å². The van der Waals surface area contributed by atoms with Crippen molar-refractivity contribution >= 4 is 6.08 Å². The highest BCUT2D eigenvalue weighted by molar-refractivity contribution is 5.50. The molecule has 0 saturated heterocycles. The molecule has 2 nitrogen and oxygen atoms in total. The van der Waals surface area contributed by atoms with Crippen LogP contribution in [-0.2, 0) is 4.74 Å². The molecule has 0 unspecified atom stereocenters. The van der Waals surface area contributed by atoms with Crippen molar-refractivity contribution in [2.24, 2.45) is 0 Å². The third-order valence-corrected chi connectivity index (χ3v) is 1.95. The van der Waals surface area contributed by atoms with Gasteiger partial charge in [-0.15, -0.1) is 0 Å². The van der Waals surface area contributed by atoms with E-state index in [4.69, 9.17) is 9.47 Å². The molecule has 82 valence electrons. The highest BCUT2D eigenvalue weighted by atomic mass is 16.5. The van der Waals surface area contributed by atoms with Gasteiger partial charge in [0.25, 0.3) is 0 Å². The lowest BCUT2D eigenvalue weighted by atomic mass is 10.2. The summed E-state index contributed by atoms with van der Waals surface area (Å²) in [6, 6.07) is 7.93. The van der Waals surface area contributed by atoms with E-state index in [1.807, 2.05) is 50.3 Å². The number of hydrogen-bond donors (Lipinski definition) is 0. The monoisotopic (exact) mass is 206 g/mol. The molecular weight excluding hydrogens is 188 g/mol. The Morgan fingerprint density at radius 1 is 1.20 bits per heavy atom. The molecule has 0 N–H and O–H groups in total. The van der Waals surface area contributed by atoms with Gasteiger partial charge in [0.1, 0.15) is 5.75 Å². The maximum Gasteiger partial charge on any atom is 0.118 e. The molecule has 0 amide bonds. The first-order chi connectivity index (χ1) is 7.22. The van der Waals surface area contributed by atoms with E-state index in [0.29, 0.717) is 6.61 Å². The smallest absolute Gasteiger partial charge is 0.118 e. The molecule has 0 aliphatic heterocycles. The van der Waals surface area contributed by atoms with Gasteiger partial charge in [0, 0.05) is 0 Å². The van der Waals surface area contributed by atoms with Gasteiger partial charge in [-0.3, -0.25) is 0 Å². The molecular formula is C13H18O2. The van der Waals surface area contributed by atoms with Crippen LogP contribution in [0.5, 0.6) is 5.75 Å². The van der Waals surface area contributed by atoms with Gasteiger partial charge in [-0.05, 0) is 31.5 Å². The molecule has 0 aromatic heterocycles. The second kappa shape index (κ2) is 6.25. The van der Waals surface area contributed by atoms with Crippen LogP contribution in [0.1, 0.15) is 19.4 Å². The predicted octanol–water partition coefficient (Wildman–Crippen LogP) is 3.13. The molecule has 0 fully saturated rings. The van der Waals surface area contributed by atoms with Gasteiger partial charge in [0.05, 0.1) is 19.8 Å². The van der Waals surface area contributed by atoms with E-state index in [1.165, 1.54) is 0 Å². The third-order valence-electron chi connectivity index (χ3n) is 1.95. The van der Waals surface area contributed by atoms with E-state index >= 15 is 0 Å². The third kappa shape index (κ3) is 4.66. The average molecular weight is 206 g/mol. The van der Waals surface area contributed by atoms with Crippen LogP contribution in [0.15, 0.2) is 30.3 Å². The summed E-state index contributed by atoms with van der Waals surface area (Å²) in [7, 11) is 1.67. The molecule has 1 aromatic rings. The quantitative estimate of drug-likeness (QED) is 0.737. The van der Waals surface area contributed by atoms with E-state index in [-0.39, 0.29) is 6.10 Å². The van der Waals surface area contributed by atoms with E-state index in [1.54, 1.807) is 7.11 Å². The summed E-state index contributed by atoms with van der Waals surface area (Å²) >= 11 is 0. The van der Waals surface area contributed by atoms with E-state index in [0.717, 1.165) is 11.3 Å². The van der Waals surface area contributed by atoms with Crippen LogP contribution < -0.4 is 4.74 Å². The number of rotatable bonds is 5. The standard InChI is InChI=1S/C13H18O2/c1-11(2)15-10-4-5-12-6-8-13(14-3)9-7-12/h4-9,11H,10H2,1-3H3/b5-4+.